The summed E-state index contributed by atoms with van der Waals surface area (Å²) in [5.74, 6) is 5.51. The molecule has 0 amide bonds. The Morgan fingerprint density at radius 3 is 1.88 bits per heavy atom. The van der Waals surface area contributed by atoms with Crippen molar-refractivity contribution in [3.8, 4) is 0 Å². The van der Waals surface area contributed by atoms with Crippen LogP contribution < -0.4 is 0 Å². The van der Waals surface area contributed by atoms with Gasteiger partial charge in [0.1, 0.15) is 0 Å². The molecule has 0 bridgehead atoms. The van der Waals surface area contributed by atoms with Crippen LogP contribution in [0, 0.1) is 57.2 Å². The van der Waals surface area contributed by atoms with Crippen LogP contribution in [0.25, 0.3) is 0 Å². The van der Waals surface area contributed by atoms with Crippen LogP contribution in [0.5, 0.6) is 0 Å². The highest BCUT2D eigenvalue weighted by atomic mass is 14.6. The van der Waals surface area contributed by atoms with Gasteiger partial charge in [-0.15, -0.1) is 0 Å². The summed E-state index contributed by atoms with van der Waals surface area (Å²) in [6, 6.07) is 0. The third-order valence-electron chi connectivity index (χ3n) is 11.8. The van der Waals surface area contributed by atoms with Crippen molar-refractivity contribution < 1.29 is 1.43 Å². The molecule has 0 aromatic rings. The standard InChI is InChI=1S/C16H32.C15H28.CH4.H2/c1-8-11-15(4,5)14-10-9-12(2)13(3)16(14,6)7;1-11-7-8-13-14(3,4)9-6-10-15(13,5)12(11)2;;/h12-14H,8-11H2,1-7H3;11-13H,6-10H2,1-5H3;1H4;1H. The zero-order valence-electron chi connectivity index (χ0n) is 23.8. The summed E-state index contributed by atoms with van der Waals surface area (Å²) in [5.41, 5.74) is 2.27. The SMILES string of the molecule is C.CC1CCC2C(C)(C)CCCC2(C)C1C.CCCC(C)(C)C1CCC(C)C(C)C1(C)C.[HH]. The summed E-state index contributed by atoms with van der Waals surface area (Å²) < 4.78 is 0. The van der Waals surface area contributed by atoms with Crippen molar-refractivity contribution in [2.75, 3.05) is 0 Å². The number of hydrogen-bond acceptors (Lipinski definition) is 0. The molecule has 0 aromatic carbocycles. The first-order valence-electron chi connectivity index (χ1n) is 14.1. The molecule has 3 saturated carbocycles. The van der Waals surface area contributed by atoms with Crippen LogP contribution in [0.4, 0.5) is 0 Å². The summed E-state index contributed by atoms with van der Waals surface area (Å²) in [4.78, 5) is 0. The third kappa shape index (κ3) is 5.79. The van der Waals surface area contributed by atoms with Gasteiger partial charge in [-0.05, 0) is 89.3 Å². The van der Waals surface area contributed by atoms with Crippen LogP contribution in [0.2, 0.25) is 0 Å². The second-order valence-corrected chi connectivity index (χ2v) is 14.7. The zero-order valence-corrected chi connectivity index (χ0v) is 23.8. The van der Waals surface area contributed by atoms with Gasteiger partial charge in [0, 0.05) is 1.43 Å². The highest BCUT2D eigenvalue weighted by molar-refractivity contribution is 5.01. The van der Waals surface area contributed by atoms with E-state index in [-0.39, 0.29) is 8.85 Å². The van der Waals surface area contributed by atoms with Crippen molar-refractivity contribution in [1.29, 1.82) is 0 Å². The number of fused-ring (bicyclic) bond motifs is 1. The first-order valence-corrected chi connectivity index (χ1v) is 14.1. The van der Waals surface area contributed by atoms with Gasteiger partial charge in [-0.25, -0.2) is 0 Å². The summed E-state index contributed by atoms with van der Waals surface area (Å²) >= 11 is 0. The Morgan fingerprint density at radius 1 is 0.781 bits per heavy atom. The highest BCUT2D eigenvalue weighted by Crippen LogP contribution is 2.61. The average molecular weight is 451 g/mol. The van der Waals surface area contributed by atoms with Crippen LogP contribution in [-0.2, 0) is 0 Å². The van der Waals surface area contributed by atoms with E-state index in [1.54, 1.807) is 0 Å². The smallest absolute Gasteiger partial charge is 0 e. The average Bonchev–Trinajstić information content (AvgIpc) is 2.63. The summed E-state index contributed by atoms with van der Waals surface area (Å²) in [7, 11) is 0. The molecule has 0 aromatic heterocycles. The predicted molar refractivity (Wildman–Crippen MR) is 149 cm³/mol. The molecule has 3 aliphatic carbocycles. The van der Waals surface area contributed by atoms with Crippen molar-refractivity contribution in [3.63, 3.8) is 0 Å². The molecule has 0 spiro atoms. The van der Waals surface area contributed by atoms with Crippen molar-refractivity contribution in [3.05, 3.63) is 0 Å². The number of hydrogen-bond donors (Lipinski definition) is 0. The van der Waals surface area contributed by atoms with Gasteiger partial charge in [-0.2, -0.15) is 0 Å². The Hall–Kier alpha value is 0. The second kappa shape index (κ2) is 10.7. The lowest BCUT2D eigenvalue weighted by Gasteiger charge is -2.58. The van der Waals surface area contributed by atoms with Crippen molar-refractivity contribution in [1.82, 2.24) is 0 Å². The molecule has 0 heteroatoms. The Morgan fingerprint density at radius 2 is 1.31 bits per heavy atom. The van der Waals surface area contributed by atoms with Crippen LogP contribution in [0.1, 0.15) is 150 Å². The van der Waals surface area contributed by atoms with Crippen LogP contribution >= 0.6 is 0 Å². The van der Waals surface area contributed by atoms with Gasteiger partial charge in [-0.1, -0.05) is 116 Å². The quantitative estimate of drug-likeness (QED) is 0.401. The van der Waals surface area contributed by atoms with E-state index < -0.39 is 0 Å². The predicted octanol–water partition coefficient (Wildman–Crippen LogP) is 11.3. The lowest BCUT2D eigenvalue weighted by Crippen LogP contribution is -2.50. The Labute approximate surface area is 207 Å². The van der Waals surface area contributed by atoms with E-state index in [0.29, 0.717) is 21.7 Å². The molecule has 0 aliphatic heterocycles. The fraction of sp³-hybridized carbons (Fsp3) is 1.00. The minimum Gasteiger partial charge on any atom is -0.0776 e. The molecule has 0 heterocycles. The van der Waals surface area contributed by atoms with Crippen LogP contribution in [-0.4, -0.2) is 0 Å². The molecule has 3 aliphatic rings. The third-order valence-corrected chi connectivity index (χ3v) is 11.8. The second-order valence-electron chi connectivity index (χ2n) is 14.7. The monoisotopic (exact) mass is 451 g/mol. The van der Waals surface area contributed by atoms with Crippen molar-refractivity contribution in [2.24, 2.45) is 57.2 Å². The Bertz CT molecular complexity index is 573. The Kier molecular flexibility index (Phi) is 10.1. The zero-order chi connectivity index (χ0) is 23.8. The van der Waals surface area contributed by atoms with Crippen LogP contribution in [0.15, 0.2) is 0 Å². The van der Waals surface area contributed by atoms with E-state index in [4.69, 9.17) is 0 Å². The topological polar surface area (TPSA) is 0 Å². The van der Waals surface area contributed by atoms with Gasteiger partial charge < -0.3 is 0 Å². The van der Waals surface area contributed by atoms with Crippen molar-refractivity contribution >= 4 is 0 Å². The minimum absolute atomic E-state index is 0. The molecule has 0 radical (unpaired) electrons. The Balaban J connectivity index is 0.000000586. The normalized spacial score (nSPS) is 40.9. The van der Waals surface area contributed by atoms with E-state index in [9.17, 15) is 0 Å². The summed E-state index contributed by atoms with van der Waals surface area (Å²) in [6.07, 6.45) is 12.9. The number of rotatable bonds is 3. The molecule has 0 N–H and O–H groups in total. The maximum Gasteiger partial charge on any atom is 0 e. The molecule has 3 rings (SSSR count). The molecule has 7 unspecified atom stereocenters. The molecular weight excluding hydrogens is 384 g/mol. The lowest BCUT2D eigenvalue weighted by atomic mass is 9.47. The molecule has 0 nitrogen and oxygen atoms in total. The highest BCUT2D eigenvalue weighted by Gasteiger charge is 2.52. The summed E-state index contributed by atoms with van der Waals surface area (Å²) in [6.45, 7) is 29.8. The van der Waals surface area contributed by atoms with E-state index in [2.05, 4.69) is 83.1 Å². The van der Waals surface area contributed by atoms with Gasteiger partial charge in [0.25, 0.3) is 0 Å². The largest absolute Gasteiger partial charge is 0.0776 e. The fourth-order valence-electron chi connectivity index (χ4n) is 9.08. The van der Waals surface area contributed by atoms with E-state index in [1.807, 2.05) is 0 Å². The van der Waals surface area contributed by atoms with Gasteiger partial charge in [0.2, 0.25) is 0 Å². The molecule has 3 fully saturated rings. The first kappa shape index (κ1) is 30.0. The van der Waals surface area contributed by atoms with E-state index in [1.165, 1.54) is 57.8 Å². The minimum atomic E-state index is 0. The fourth-order valence-corrected chi connectivity index (χ4v) is 9.08. The molecule has 7 atom stereocenters. The molecule has 194 valence electrons. The molecular formula is C32H66. The van der Waals surface area contributed by atoms with Gasteiger partial charge in [-0.3, -0.25) is 0 Å². The molecule has 32 heavy (non-hydrogen) atoms. The van der Waals surface area contributed by atoms with Crippen molar-refractivity contribution in [2.45, 2.75) is 148 Å². The maximum absolute atomic E-state index is 2.58. The van der Waals surface area contributed by atoms with E-state index in [0.717, 1.165) is 35.5 Å². The molecule has 0 saturated heterocycles. The van der Waals surface area contributed by atoms with E-state index >= 15 is 0 Å². The van der Waals surface area contributed by atoms with Crippen LogP contribution in [0.3, 0.4) is 0 Å². The van der Waals surface area contributed by atoms with Gasteiger partial charge in [0.15, 0.2) is 0 Å². The lowest BCUT2D eigenvalue weighted by molar-refractivity contribution is -0.0868. The van der Waals surface area contributed by atoms with Gasteiger partial charge in [0.05, 0.1) is 0 Å². The summed E-state index contributed by atoms with van der Waals surface area (Å²) in [5, 5.41) is 0. The first-order chi connectivity index (χ1) is 14.1. The maximum atomic E-state index is 2.58. The van der Waals surface area contributed by atoms with Gasteiger partial charge >= 0.3 is 0 Å².